The van der Waals surface area contributed by atoms with E-state index in [2.05, 4.69) is 0 Å². The summed E-state index contributed by atoms with van der Waals surface area (Å²) in [6.07, 6.45) is 1.61. The molecule has 0 spiro atoms. The van der Waals surface area contributed by atoms with Crippen LogP contribution in [0.25, 0.3) is 0 Å². The number of Topliss-reactive ketones (excluding diaryl/α,β-unsaturated/α-hetero) is 1. The summed E-state index contributed by atoms with van der Waals surface area (Å²) in [6, 6.07) is 1.69. The molecule has 15 heavy (non-hydrogen) atoms. The highest BCUT2D eigenvalue weighted by Gasteiger charge is 2.11. The quantitative estimate of drug-likeness (QED) is 0.619. The largest absolute Gasteiger partial charge is 0.481 e. The molecule has 0 radical (unpaired) electrons. The Labute approximate surface area is 96.7 Å². The fourth-order valence-corrected chi connectivity index (χ4v) is 2.30. The third-order valence-electron chi connectivity index (χ3n) is 1.91. The van der Waals surface area contributed by atoms with E-state index in [-0.39, 0.29) is 12.2 Å². The van der Waals surface area contributed by atoms with Gasteiger partial charge in [-0.05, 0) is 24.3 Å². The molecular weight excluding hydrogens is 236 g/mol. The molecule has 0 fully saturated rings. The van der Waals surface area contributed by atoms with Crippen molar-refractivity contribution in [3.05, 3.63) is 21.3 Å². The summed E-state index contributed by atoms with van der Waals surface area (Å²) in [6.45, 7) is 0. The van der Waals surface area contributed by atoms with E-state index >= 15 is 0 Å². The zero-order chi connectivity index (χ0) is 11.3. The first kappa shape index (κ1) is 12.2. The summed E-state index contributed by atoms with van der Waals surface area (Å²) in [7, 11) is 0. The van der Waals surface area contributed by atoms with Crippen molar-refractivity contribution in [3.8, 4) is 0 Å². The standard InChI is InChI=1S/C10H11ClO3S/c11-7-5-6-15-10(7)8(12)3-1-2-4-9(13)14/h5-6H,1-4H2,(H,13,14). The Bertz CT molecular complexity index is 359. The van der Waals surface area contributed by atoms with Crippen LogP contribution >= 0.6 is 22.9 Å². The number of carboxylic acids is 1. The van der Waals surface area contributed by atoms with Crippen molar-refractivity contribution in [1.29, 1.82) is 0 Å². The van der Waals surface area contributed by atoms with Gasteiger partial charge in [-0.3, -0.25) is 9.59 Å². The number of ketones is 1. The fraction of sp³-hybridized carbons (Fsp3) is 0.400. The number of carbonyl (C=O) groups excluding carboxylic acids is 1. The zero-order valence-electron chi connectivity index (χ0n) is 8.03. The minimum Gasteiger partial charge on any atom is -0.481 e. The van der Waals surface area contributed by atoms with Crippen LogP contribution in [0, 0.1) is 0 Å². The molecule has 0 unspecified atom stereocenters. The summed E-state index contributed by atoms with van der Waals surface area (Å²) in [5, 5.41) is 10.7. The number of aliphatic carboxylic acids is 1. The van der Waals surface area contributed by atoms with Crippen molar-refractivity contribution in [1.82, 2.24) is 0 Å². The molecule has 1 heterocycles. The Morgan fingerprint density at radius 1 is 1.33 bits per heavy atom. The Balaban J connectivity index is 2.31. The maximum atomic E-state index is 11.5. The van der Waals surface area contributed by atoms with E-state index in [4.69, 9.17) is 16.7 Å². The predicted molar refractivity (Wildman–Crippen MR) is 59.8 cm³/mol. The van der Waals surface area contributed by atoms with Gasteiger partial charge in [0, 0.05) is 12.8 Å². The highest BCUT2D eigenvalue weighted by Crippen LogP contribution is 2.24. The lowest BCUT2D eigenvalue weighted by Crippen LogP contribution is -1.99. The van der Waals surface area contributed by atoms with Crippen molar-refractivity contribution >= 4 is 34.7 Å². The molecule has 1 rings (SSSR count). The third-order valence-corrected chi connectivity index (χ3v) is 3.30. The van der Waals surface area contributed by atoms with Crippen molar-refractivity contribution in [2.75, 3.05) is 0 Å². The van der Waals surface area contributed by atoms with Crippen LogP contribution in [-0.2, 0) is 4.79 Å². The van der Waals surface area contributed by atoms with E-state index in [0.29, 0.717) is 29.2 Å². The second-order valence-electron chi connectivity index (χ2n) is 3.12. The van der Waals surface area contributed by atoms with Gasteiger partial charge in [-0.2, -0.15) is 0 Å². The lowest BCUT2D eigenvalue weighted by molar-refractivity contribution is -0.137. The minimum atomic E-state index is -0.823. The molecule has 0 saturated heterocycles. The molecule has 1 aromatic rings. The average molecular weight is 247 g/mol. The molecule has 0 aliphatic carbocycles. The van der Waals surface area contributed by atoms with Crippen LogP contribution in [0.5, 0.6) is 0 Å². The van der Waals surface area contributed by atoms with E-state index < -0.39 is 5.97 Å². The fourth-order valence-electron chi connectivity index (χ4n) is 1.17. The van der Waals surface area contributed by atoms with Crippen LogP contribution in [0.15, 0.2) is 11.4 Å². The van der Waals surface area contributed by atoms with Gasteiger partial charge in [-0.15, -0.1) is 11.3 Å². The first-order chi connectivity index (χ1) is 7.11. The van der Waals surface area contributed by atoms with Gasteiger partial charge in [0.25, 0.3) is 0 Å². The Hall–Kier alpha value is -0.870. The van der Waals surface area contributed by atoms with Gasteiger partial charge >= 0.3 is 5.97 Å². The summed E-state index contributed by atoms with van der Waals surface area (Å²) in [5.74, 6) is -0.822. The van der Waals surface area contributed by atoms with E-state index in [1.807, 2.05) is 0 Å². The van der Waals surface area contributed by atoms with Crippen LogP contribution in [-0.4, -0.2) is 16.9 Å². The number of hydrogen-bond acceptors (Lipinski definition) is 3. The van der Waals surface area contributed by atoms with E-state index in [0.717, 1.165) is 0 Å². The lowest BCUT2D eigenvalue weighted by atomic mass is 10.1. The SMILES string of the molecule is O=C(O)CCCCC(=O)c1sccc1Cl. The molecule has 3 nitrogen and oxygen atoms in total. The Morgan fingerprint density at radius 2 is 2.00 bits per heavy atom. The Morgan fingerprint density at radius 3 is 2.53 bits per heavy atom. The molecule has 1 N–H and O–H groups in total. The van der Waals surface area contributed by atoms with Crippen LogP contribution in [0.1, 0.15) is 35.4 Å². The normalized spacial score (nSPS) is 10.2. The molecule has 0 aliphatic heterocycles. The monoisotopic (exact) mass is 246 g/mol. The molecular formula is C10H11ClO3S. The van der Waals surface area contributed by atoms with E-state index in [1.54, 1.807) is 11.4 Å². The summed E-state index contributed by atoms with van der Waals surface area (Å²) in [5.41, 5.74) is 0. The summed E-state index contributed by atoms with van der Waals surface area (Å²) in [4.78, 5) is 22.3. The second-order valence-corrected chi connectivity index (χ2v) is 4.45. The van der Waals surface area contributed by atoms with Crippen LogP contribution < -0.4 is 0 Å². The minimum absolute atomic E-state index is 0.000360. The number of carbonyl (C=O) groups is 2. The number of rotatable bonds is 6. The molecule has 1 aromatic heterocycles. The smallest absolute Gasteiger partial charge is 0.303 e. The van der Waals surface area contributed by atoms with Crippen LogP contribution in [0.3, 0.4) is 0 Å². The molecule has 82 valence electrons. The van der Waals surface area contributed by atoms with E-state index in [1.165, 1.54) is 11.3 Å². The van der Waals surface area contributed by atoms with Crippen molar-refractivity contribution in [3.63, 3.8) is 0 Å². The lowest BCUT2D eigenvalue weighted by Gasteiger charge is -1.98. The Kier molecular flexibility index (Phi) is 4.78. The summed E-state index contributed by atoms with van der Waals surface area (Å²) >= 11 is 7.12. The van der Waals surface area contributed by atoms with Gasteiger partial charge in [0.2, 0.25) is 0 Å². The van der Waals surface area contributed by atoms with Gasteiger partial charge in [0.1, 0.15) is 0 Å². The average Bonchev–Trinajstić information content (AvgIpc) is 2.58. The van der Waals surface area contributed by atoms with Crippen molar-refractivity contribution in [2.24, 2.45) is 0 Å². The number of thiophene rings is 1. The van der Waals surface area contributed by atoms with Gasteiger partial charge < -0.3 is 5.11 Å². The van der Waals surface area contributed by atoms with E-state index in [9.17, 15) is 9.59 Å². The third kappa shape index (κ3) is 4.01. The summed E-state index contributed by atoms with van der Waals surface area (Å²) < 4.78 is 0. The van der Waals surface area contributed by atoms with Gasteiger partial charge in [-0.1, -0.05) is 11.6 Å². The number of hydrogen-bond donors (Lipinski definition) is 1. The first-order valence-corrected chi connectivity index (χ1v) is 5.85. The molecule has 0 saturated carbocycles. The van der Waals surface area contributed by atoms with Crippen LogP contribution in [0.4, 0.5) is 0 Å². The molecule has 0 amide bonds. The number of unbranched alkanes of at least 4 members (excludes halogenated alkanes) is 1. The molecule has 0 aromatic carbocycles. The number of halogens is 1. The second kappa shape index (κ2) is 5.88. The topological polar surface area (TPSA) is 54.4 Å². The first-order valence-electron chi connectivity index (χ1n) is 4.59. The maximum absolute atomic E-state index is 11.5. The number of carboxylic acid groups (broad SMARTS) is 1. The highest BCUT2D eigenvalue weighted by atomic mass is 35.5. The predicted octanol–water partition coefficient (Wildman–Crippen LogP) is 3.23. The van der Waals surface area contributed by atoms with Crippen molar-refractivity contribution < 1.29 is 14.7 Å². The molecule has 0 aliphatic rings. The van der Waals surface area contributed by atoms with Crippen LogP contribution in [0.2, 0.25) is 5.02 Å². The van der Waals surface area contributed by atoms with Gasteiger partial charge in [-0.25, -0.2) is 0 Å². The highest BCUT2D eigenvalue weighted by molar-refractivity contribution is 7.12. The molecule has 0 atom stereocenters. The molecule has 5 heteroatoms. The zero-order valence-corrected chi connectivity index (χ0v) is 9.61. The molecule has 0 bridgehead atoms. The van der Waals surface area contributed by atoms with Gasteiger partial charge in [0.05, 0.1) is 9.90 Å². The maximum Gasteiger partial charge on any atom is 0.303 e. The van der Waals surface area contributed by atoms with Crippen molar-refractivity contribution in [2.45, 2.75) is 25.7 Å². The van der Waals surface area contributed by atoms with Gasteiger partial charge in [0.15, 0.2) is 5.78 Å².